The Morgan fingerprint density at radius 3 is 2.68 bits per heavy atom. The predicted molar refractivity (Wildman–Crippen MR) is 99.7 cm³/mol. The van der Waals surface area contributed by atoms with Gasteiger partial charge in [0.15, 0.2) is 0 Å². The van der Waals surface area contributed by atoms with Gasteiger partial charge in [0.1, 0.15) is 5.75 Å². The number of amides is 1. The number of carbonyl (C=O) groups excluding carboxylic acids is 1. The van der Waals surface area contributed by atoms with Crippen molar-refractivity contribution in [1.29, 1.82) is 0 Å². The van der Waals surface area contributed by atoms with E-state index in [2.05, 4.69) is 10.2 Å². The topological polar surface area (TPSA) is 84.7 Å². The number of halogens is 1. The van der Waals surface area contributed by atoms with E-state index in [0.717, 1.165) is 19.5 Å². The highest BCUT2D eigenvalue weighted by Crippen LogP contribution is 2.29. The molecule has 0 atom stereocenters. The first-order valence-corrected chi connectivity index (χ1v) is 8.53. The minimum atomic E-state index is -0.479. The molecule has 1 N–H and O–H groups in total. The van der Waals surface area contributed by atoms with Crippen LogP contribution >= 0.6 is 12.4 Å². The molecule has 0 aliphatic carbocycles. The number of nitro benzene ring substituents is 1. The summed E-state index contributed by atoms with van der Waals surface area (Å²) in [5.74, 6) is 0.316. The molecule has 1 fully saturated rings. The highest BCUT2D eigenvalue weighted by molar-refractivity contribution is 5.92. The lowest BCUT2D eigenvalue weighted by Crippen LogP contribution is -2.32. The summed E-state index contributed by atoms with van der Waals surface area (Å²) in [5, 5.41) is 13.7. The van der Waals surface area contributed by atoms with E-state index < -0.39 is 4.92 Å². The predicted octanol–water partition coefficient (Wildman–Crippen LogP) is 3.62. The molecule has 0 bridgehead atoms. The number of nitrogens with zero attached hydrogens (tertiary/aromatic N) is 2. The maximum atomic E-state index is 12.2. The van der Waals surface area contributed by atoms with Crippen LogP contribution in [0.1, 0.15) is 39.0 Å². The number of likely N-dealkylation sites (tertiary alicyclic amines) is 1. The van der Waals surface area contributed by atoms with Crippen molar-refractivity contribution in [3.8, 4) is 5.75 Å². The van der Waals surface area contributed by atoms with Gasteiger partial charge in [0.05, 0.1) is 17.2 Å². The first kappa shape index (κ1) is 21.2. The lowest BCUT2D eigenvalue weighted by atomic mass is 10.1. The molecule has 8 heteroatoms. The molecule has 1 aromatic rings. The third kappa shape index (κ3) is 6.88. The first-order chi connectivity index (χ1) is 11.6. The Morgan fingerprint density at radius 2 is 2.04 bits per heavy atom. The van der Waals surface area contributed by atoms with Gasteiger partial charge < -0.3 is 15.0 Å². The van der Waals surface area contributed by atoms with Crippen LogP contribution in [-0.4, -0.2) is 42.0 Å². The van der Waals surface area contributed by atoms with Crippen LogP contribution in [0, 0.1) is 10.1 Å². The van der Waals surface area contributed by atoms with Crippen molar-refractivity contribution in [3.05, 3.63) is 28.3 Å². The number of hydrogen-bond acceptors (Lipinski definition) is 5. The molecule has 0 radical (unpaired) electrons. The van der Waals surface area contributed by atoms with E-state index >= 15 is 0 Å². The Labute approximate surface area is 154 Å². The number of benzene rings is 1. The summed E-state index contributed by atoms with van der Waals surface area (Å²) in [5.41, 5.74) is 0.298. The summed E-state index contributed by atoms with van der Waals surface area (Å²) in [6.45, 7) is 5.26. The molecule has 1 aromatic carbocycles. The average molecular weight is 372 g/mol. The number of non-ortho nitro benzene ring substituents is 1. The molecule has 0 aromatic heterocycles. The van der Waals surface area contributed by atoms with Crippen molar-refractivity contribution in [2.45, 2.75) is 39.0 Å². The molecule has 1 aliphatic heterocycles. The number of nitrogens with one attached hydrogen (secondary N) is 1. The molecular formula is C17H26ClN3O4. The van der Waals surface area contributed by atoms with Crippen LogP contribution in [-0.2, 0) is 4.79 Å². The zero-order valence-corrected chi connectivity index (χ0v) is 15.3. The van der Waals surface area contributed by atoms with Crippen molar-refractivity contribution in [2.75, 3.05) is 31.6 Å². The molecular weight excluding hydrogens is 346 g/mol. The monoisotopic (exact) mass is 371 g/mol. The van der Waals surface area contributed by atoms with Crippen molar-refractivity contribution < 1.29 is 14.5 Å². The fourth-order valence-corrected chi connectivity index (χ4v) is 2.72. The minimum absolute atomic E-state index is 0. The Balaban J connectivity index is 0.00000312. The largest absolute Gasteiger partial charge is 0.491 e. The van der Waals surface area contributed by atoms with Gasteiger partial charge in [-0.3, -0.25) is 14.9 Å². The van der Waals surface area contributed by atoms with Gasteiger partial charge in [-0.25, -0.2) is 0 Å². The molecule has 7 nitrogen and oxygen atoms in total. The fraction of sp³-hybridized carbons (Fsp3) is 0.588. The first-order valence-electron chi connectivity index (χ1n) is 8.53. The molecule has 25 heavy (non-hydrogen) atoms. The van der Waals surface area contributed by atoms with Crippen LogP contribution < -0.4 is 10.1 Å². The summed E-state index contributed by atoms with van der Waals surface area (Å²) in [6, 6.07) is 4.27. The molecule has 140 valence electrons. The zero-order valence-electron chi connectivity index (χ0n) is 14.5. The van der Waals surface area contributed by atoms with Gasteiger partial charge in [-0.1, -0.05) is 13.3 Å². The van der Waals surface area contributed by atoms with Crippen molar-refractivity contribution in [3.63, 3.8) is 0 Å². The van der Waals surface area contributed by atoms with Crippen molar-refractivity contribution >= 4 is 29.7 Å². The van der Waals surface area contributed by atoms with Crippen LogP contribution in [0.25, 0.3) is 0 Å². The third-order valence-electron chi connectivity index (χ3n) is 4.01. The minimum Gasteiger partial charge on any atom is -0.491 e. The number of anilines is 1. The standard InChI is InChI=1S/C17H25N3O4.ClH/c1-2-12-24-16-7-6-14(20(22)23)13-15(16)18-17(21)8-11-19-9-4-3-5-10-19;/h6-7,13H,2-5,8-12H2,1H3,(H,18,21);1H. The molecule has 1 heterocycles. The second-order valence-corrected chi connectivity index (χ2v) is 5.99. The lowest BCUT2D eigenvalue weighted by Gasteiger charge is -2.26. The van der Waals surface area contributed by atoms with E-state index in [1.54, 1.807) is 0 Å². The summed E-state index contributed by atoms with van der Waals surface area (Å²) in [6.07, 6.45) is 4.81. The maximum absolute atomic E-state index is 12.2. The van der Waals surface area contributed by atoms with Gasteiger partial charge in [0, 0.05) is 25.1 Å². The molecule has 1 saturated heterocycles. The smallest absolute Gasteiger partial charge is 0.271 e. The number of piperidine rings is 1. The van der Waals surface area contributed by atoms with Crippen molar-refractivity contribution in [2.24, 2.45) is 0 Å². The lowest BCUT2D eigenvalue weighted by molar-refractivity contribution is -0.384. The molecule has 2 rings (SSSR count). The van der Waals surface area contributed by atoms with Crippen LogP contribution in [0.15, 0.2) is 18.2 Å². The van der Waals surface area contributed by atoms with Crippen molar-refractivity contribution in [1.82, 2.24) is 4.90 Å². The van der Waals surface area contributed by atoms with E-state index in [1.807, 2.05) is 6.92 Å². The number of nitro groups is 1. The van der Waals surface area contributed by atoms with E-state index in [9.17, 15) is 14.9 Å². The Hall–Kier alpha value is -1.86. The SMILES string of the molecule is CCCOc1ccc([N+](=O)[O-])cc1NC(=O)CCN1CCCCC1.Cl. The number of carbonyl (C=O) groups is 1. The number of hydrogen-bond donors (Lipinski definition) is 1. The summed E-state index contributed by atoms with van der Waals surface area (Å²) in [4.78, 5) is 24.9. The Bertz CT molecular complexity index is 577. The summed E-state index contributed by atoms with van der Waals surface area (Å²) in [7, 11) is 0. The Kier molecular flexibility index (Phi) is 9.23. The van der Waals surface area contributed by atoms with E-state index in [0.29, 0.717) is 31.0 Å². The van der Waals surface area contributed by atoms with Crippen LogP contribution in [0.4, 0.5) is 11.4 Å². The zero-order chi connectivity index (χ0) is 17.4. The number of rotatable bonds is 8. The summed E-state index contributed by atoms with van der Waals surface area (Å²) < 4.78 is 5.57. The van der Waals surface area contributed by atoms with Gasteiger partial charge >= 0.3 is 0 Å². The van der Waals surface area contributed by atoms with Gasteiger partial charge in [-0.05, 0) is 38.4 Å². The van der Waals surface area contributed by atoms with E-state index in [-0.39, 0.29) is 24.0 Å². The molecule has 0 spiro atoms. The molecule has 1 aliphatic rings. The van der Waals surface area contributed by atoms with Crippen LogP contribution in [0.2, 0.25) is 0 Å². The van der Waals surface area contributed by atoms with Gasteiger partial charge in [-0.2, -0.15) is 0 Å². The average Bonchev–Trinajstić information content (AvgIpc) is 2.59. The van der Waals surface area contributed by atoms with Crippen LogP contribution in [0.5, 0.6) is 5.75 Å². The van der Waals surface area contributed by atoms with Gasteiger partial charge in [0.25, 0.3) is 5.69 Å². The van der Waals surface area contributed by atoms with E-state index in [1.165, 1.54) is 37.5 Å². The Morgan fingerprint density at radius 1 is 1.32 bits per heavy atom. The van der Waals surface area contributed by atoms with Gasteiger partial charge in [-0.15, -0.1) is 12.4 Å². The highest BCUT2D eigenvalue weighted by Gasteiger charge is 2.16. The normalized spacial score (nSPS) is 14.4. The van der Waals surface area contributed by atoms with Gasteiger partial charge in [0.2, 0.25) is 5.91 Å². The third-order valence-corrected chi connectivity index (χ3v) is 4.01. The highest BCUT2D eigenvalue weighted by atomic mass is 35.5. The summed E-state index contributed by atoms with van der Waals surface area (Å²) >= 11 is 0. The quantitative estimate of drug-likeness (QED) is 0.557. The molecule has 1 amide bonds. The molecule has 0 unspecified atom stereocenters. The second-order valence-electron chi connectivity index (χ2n) is 5.99. The maximum Gasteiger partial charge on any atom is 0.271 e. The number of ether oxygens (including phenoxy) is 1. The van der Waals surface area contributed by atoms with Crippen LogP contribution in [0.3, 0.4) is 0 Å². The molecule has 0 saturated carbocycles. The van der Waals surface area contributed by atoms with E-state index in [4.69, 9.17) is 4.74 Å². The second kappa shape index (κ2) is 10.9. The fourth-order valence-electron chi connectivity index (χ4n) is 2.72.